The Hall–Kier alpha value is -2.82. The zero-order valence-corrected chi connectivity index (χ0v) is 15.2. The molecule has 2 aromatic carbocycles. The summed E-state index contributed by atoms with van der Waals surface area (Å²) in [4.78, 5) is 23.9. The molecule has 0 heterocycles. The number of nitrogens with one attached hydrogen (secondary N) is 2. The van der Waals surface area contributed by atoms with Crippen molar-refractivity contribution in [3.63, 3.8) is 0 Å². The number of benzene rings is 2. The minimum Gasteiger partial charge on any atom is -0.494 e. The average Bonchev–Trinajstić information content (AvgIpc) is 2.67. The summed E-state index contributed by atoms with van der Waals surface area (Å²) in [6.45, 7) is 2.86. The lowest BCUT2D eigenvalue weighted by Crippen LogP contribution is -2.42. The topological polar surface area (TPSA) is 67.4 Å². The Morgan fingerprint density at radius 1 is 0.885 bits per heavy atom. The Labute approximate surface area is 154 Å². The zero-order valence-electron chi connectivity index (χ0n) is 15.2. The maximum Gasteiger partial charge on any atom is 0.269 e. The number of rotatable bonds is 9. The average molecular weight is 354 g/mol. The molecule has 0 radical (unpaired) electrons. The molecule has 138 valence electrons. The van der Waals surface area contributed by atoms with Gasteiger partial charge in [0.25, 0.3) is 5.91 Å². The predicted octanol–water partition coefficient (Wildman–Crippen LogP) is 3.65. The minimum atomic E-state index is -0.360. The van der Waals surface area contributed by atoms with E-state index < -0.39 is 0 Å². The Balaban J connectivity index is 1.72. The molecule has 2 rings (SSSR count). The van der Waals surface area contributed by atoms with Crippen molar-refractivity contribution in [1.29, 1.82) is 0 Å². The minimum absolute atomic E-state index is 0.214. The molecule has 0 saturated heterocycles. The molecule has 0 aliphatic rings. The van der Waals surface area contributed by atoms with Gasteiger partial charge in [-0.1, -0.05) is 56.5 Å². The summed E-state index contributed by atoms with van der Waals surface area (Å²) >= 11 is 0. The molecular formula is C21H26N2O3. The summed E-state index contributed by atoms with van der Waals surface area (Å²) in [5.41, 5.74) is 6.20. The van der Waals surface area contributed by atoms with Crippen LogP contribution in [0.15, 0.2) is 54.6 Å². The molecule has 0 aliphatic heterocycles. The van der Waals surface area contributed by atoms with Gasteiger partial charge < -0.3 is 4.74 Å². The lowest BCUT2D eigenvalue weighted by Gasteiger charge is -2.09. The summed E-state index contributed by atoms with van der Waals surface area (Å²) in [6.07, 6.45) is 4.83. The lowest BCUT2D eigenvalue weighted by molar-refractivity contribution is -0.121. The van der Waals surface area contributed by atoms with Crippen LogP contribution in [0.25, 0.3) is 0 Å². The van der Waals surface area contributed by atoms with Gasteiger partial charge in [-0.2, -0.15) is 0 Å². The Morgan fingerprint density at radius 2 is 1.62 bits per heavy atom. The van der Waals surface area contributed by atoms with Gasteiger partial charge >= 0.3 is 0 Å². The molecule has 0 spiro atoms. The van der Waals surface area contributed by atoms with Gasteiger partial charge in [0.15, 0.2) is 0 Å². The van der Waals surface area contributed by atoms with E-state index >= 15 is 0 Å². The van der Waals surface area contributed by atoms with E-state index in [1.54, 1.807) is 24.3 Å². The monoisotopic (exact) mass is 354 g/mol. The van der Waals surface area contributed by atoms with Gasteiger partial charge in [-0.3, -0.25) is 20.4 Å². The Morgan fingerprint density at radius 3 is 2.31 bits per heavy atom. The second-order valence-electron chi connectivity index (χ2n) is 6.10. The summed E-state index contributed by atoms with van der Waals surface area (Å²) < 4.78 is 5.65. The van der Waals surface area contributed by atoms with Crippen LogP contribution in [0.2, 0.25) is 0 Å². The number of hydrogen-bond acceptors (Lipinski definition) is 3. The van der Waals surface area contributed by atoms with Crippen molar-refractivity contribution in [1.82, 2.24) is 10.9 Å². The lowest BCUT2D eigenvalue weighted by atomic mass is 10.1. The van der Waals surface area contributed by atoms with Gasteiger partial charge in [0.05, 0.1) is 13.0 Å². The predicted molar refractivity (Wildman–Crippen MR) is 102 cm³/mol. The highest BCUT2D eigenvalue weighted by Crippen LogP contribution is 2.13. The van der Waals surface area contributed by atoms with E-state index in [-0.39, 0.29) is 18.2 Å². The highest BCUT2D eigenvalue weighted by atomic mass is 16.5. The highest BCUT2D eigenvalue weighted by Gasteiger charge is 2.08. The third kappa shape index (κ3) is 6.97. The van der Waals surface area contributed by atoms with E-state index in [1.807, 2.05) is 30.3 Å². The number of amides is 2. The largest absolute Gasteiger partial charge is 0.494 e. The molecule has 2 N–H and O–H groups in total. The van der Waals surface area contributed by atoms with Crippen LogP contribution in [0, 0.1) is 0 Å². The molecule has 0 fully saturated rings. The molecule has 5 heteroatoms. The molecule has 0 unspecified atom stereocenters. The molecule has 26 heavy (non-hydrogen) atoms. The maximum absolute atomic E-state index is 12.1. The third-order valence-corrected chi connectivity index (χ3v) is 3.91. The molecule has 0 aromatic heterocycles. The molecule has 0 aliphatic carbocycles. The third-order valence-electron chi connectivity index (χ3n) is 3.91. The van der Waals surface area contributed by atoms with E-state index in [0.29, 0.717) is 12.2 Å². The van der Waals surface area contributed by atoms with E-state index in [4.69, 9.17) is 4.74 Å². The summed E-state index contributed by atoms with van der Waals surface area (Å²) in [5, 5.41) is 0. The molecule has 5 nitrogen and oxygen atoms in total. The fourth-order valence-electron chi connectivity index (χ4n) is 2.45. The maximum atomic E-state index is 12.1. The number of hydrogen-bond donors (Lipinski definition) is 2. The fraction of sp³-hybridized carbons (Fsp3) is 0.333. The number of carbonyl (C=O) groups excluding carboxylic acids is 2. The normalized spacial score (nSPS) is 10.2. The van der Waals surface area contributed by atoms with Crippen molar-refractivity contribution in [2.45, 2.75) is 39.0 Å². The van der Waals surface area contributed by atoms with Crippen molar-refractivity contribution >= 4 is 11.8 Å². The van der Waals surface area contributed by atoms with Crippen molar-refractivity contribution in [2.24, 2.45) is 0 Å². The van der Waals surface area contributed by atoms with Gasteiger partial charge in [0, 0.05) is 5.56 Å². The van der Waals surface area contributed by atoms with Gasteiger partial charge in [-0.15, -0.1) is 0 Å². The quantitative estimate of drug-likeness (QED) is 0.533. The van der Waals surface area contributed by atoms with E-state index in [1.165, 1.54) is 19.3 Å². The first-order chi connectivity index (χ1) is 12.7. The highest BCUT2D eigenvalue weighted by molar-refractivity contribution is 5.95. The van der Waals surface area contributed by atoms with E-state index in [2.05, 4.69) is 17.8 Å². The molecule has 0 saturated carbocycles. The first kappa shape index (κ1) is 19.5. The van der Waals surface area contributed by atoms with Crippen molar-refractivity contribution in [3.05, 3.63) is 65.7 Å². The van der Waals surface area contributed by atoms with E-state index in [9.17, 15) is 9.59 Å². The molecule has 2 amide bonds. The summed E-state index contributed by atoms with van der Waals surface area (Å²) in [6, 6.07) is 16.2. The molecular weight excluding hydrogens is 328 g/mol. The van der Waals surface area contributed by atoms with Crippen molar-refractivity contribution in [2.75, 3.05) is 6.61 Å². The van der Waals surface area contributed by atoms with Crippen LogP contribution in [-0.2, 0) is 11.2 Å². The van der Waals surface area contributed by atoms with Crippen LogP contribution in [0.3, 0.4) is 0 Å². The number of hydrazine groups is 1. The molecule has 2 aromatic rings. The second kappa shape index (κ2) is 10.9. The van der Waals surface area contributed by atoms with Gasteiger partial charge in [0.1, 0.15) is 5.75 Å². The smallest absolute Gasteiger partial charge is 0.269 e. The molecule has 0 atom stereocenters. The number of ether oxygens (including phenoxy) is 1. The van der Waals surface area contributed by atoms with Gasteiger partial charge in [-0.25, -0.2) is 0 Å². The van der Waals surface area contributed by atoms with Crippen molar-refractivity contribution in [3.8, 4) is 5.75 Å². The summed E-state index contributed by atoms with van der Waals surface area (Å²) in [7, 11) is 0. The second-order valence-corrected chi connectivity index (χ2v) is 6.10. The summed E-state index contributed by atoms with van der Waals surface area (Å²) in [5.74, 6) is 0.114. The van der Waals surface area contributed by atoms with Crippen LogP contribution >= 0.6 is 0 Å². The zero-order chi connectivity index (χ0) is 18.6. The number of carbonyl (C=O) groups is 2. The van der Waals surface area contributed by atoms with Crippen LogP contribution < -0.4 is 15.6 Å². The Bertz CT molecular complexity index is 684. The van der Waals surface area contributed by atoms with Crippen LogP contribution in [0.4, 0.5) is 0 Å². The van der Waals surface area contributed by atoms with Gasteiger partial charge in [-0.05, 0) is 36.2 Å². The van der Waals surface area contributed by atoms with Crippen molar-refractivity contribution < 1.29 is 14.3 Å². The fourth-order valence-corrected chi connectivity index (χ4v) is 2.45. The Kier molecular flexibility index (Phi) is 8.19. The van der Waals surface area contributed by atoms with Crippen LogP contribution in [-0.4, -0.2) is 18.4 Å². The standard InChI is InChI=1S/C21H26N2O3/c1-2-3-4-8-15-26-19-13-11-18(12-14-19)21(25)23-22-20(24)16-17-9-6-5-7-10-17/h5-7,9-14H,2-4,8,15-16H2,1H3,(H,22,24)(H,23,25). The first-order valence-corrected chi connectivity index (χ1v) is 9.05. The number of unbranched alkanes of at least 4 members (excludes halogenated alkanes) is 3. The van der Waals surface area contributed by atoms with Crippen LogP contribution in [0.1, 0.15) is 48.5 Å². The first-order valence-electron chi connectivity index (χ1n) is 9.05. The van der Waals surface area contributed by atoms with E-state index in [0.717, 1.165) is 17.7 Å². The SMILES string of the molecule is CCCCCCOc1ccc(C(=O)NNC(=O)Cc2ccccc2)cc1. The van der Waals surface area contributed by atoms with Crippen LogP contribution in [0.5, 0.6) is 5.75 Å². The van der Waals surface area contributed by atoms with Gasteiger partial charge in [0.2, 0.25) is 5.91 Å². The molecule has 0 bridgehead atoms.